The monoisotopic (exact) mass is 311 g/mol. The molecule has 1 saturated heterocycles. The van der Waals surface area contributed by atoms with E-state index in [1.54, 1.807) is 0 Å². The molecule has 0 aromatic heterocycles. The van der Waals surface area contributed by atoms with Gasteiger partial charge in [-0.15, -0.1) is 0 Å². The smallest absolute Gasteiger partial charge is 0.155 e. The first-order valence-corrected chi connectivity index (χ1v) is 9.19. The molecule has 1 aliphatic heterocycles. The number of nitrogens with one attached hydrogen (secondary N) is 1. The molecule has 0 aliphatic carbocycles. The van der Waals surface area contributed by atoms with Crippen molar-refractivity contribution in [1.82, 2.24) is 5.32 Å². The molecule has 0 amide bonds. The van der Waals surface area contributed by atoms with Crippen LogP contribution >= 0.6 is 0 Å². The number of hydrogen-bond donors (Lipinski definition) is 1. The van der Waals surface area contributed by atoms with Crippen LogP contribution in [0.2, 0.25) is 0 Å². The van der Waals surface area contributed by atoms with E-state index in [1.807, 2.05) is 33.0 Å². The van der Waals surface area contributed by atoms with Crippen molar-refractivity contribution < 1.29 is 13.2 Å². The van der Waals surface area contributed by atoms with E-state index in [0.717, 1.165) is 11.1 Å². The van der Waals surface area contributed by atoms with Crippen LogP contribution in [0.3, 0.4) is 0 Å². The molecule has 0 bridgehead atoms. The highest BCUT2D eigenvalue weighted by molar-refractivity contribution is 7.92. The Morgan fingerprint density at radius 1 is 1.29 bits per heavy atom. The van der Waals surface area contributed by atoms with Gasteiger partial charge in [-0.3, -0.25) is 0 Å². The lowest BCUT2D eigenvalue weighted by molar-refractivity contribution is 0.0983. The minimum absolute atomic E-state index is 0.151. The Labute approximate surface area is 127 Å². The molecule has 1 fully saturated rings. The minimum atomic E-state index is -3.11. The van der Waals surface area contributed by atoms with Crippen molar-refractivity contribution in [2.45, 2.75) is 38.0 Å². The third-order valence-electron chi connectivity index (χ3n) is 4.22. The lowest BCUT2D eigenvalue weighted by atomic mass is 10.0. The van der Waals surface area contributed by atoms with E-state index >= 15 is 0 Å². The van der Waals surface area contributed by atoms with Gasteiger partial charge in [-0.05, 0) is 44.9 Å². The molecule has 5 heteroatoms. The lowest BCUT2D eigenvalue weighted by Gasteiger charge is -2.25. The van der Waals surface area contributed by atoms with E-state index in [2.05, 4.69) is 11.4 Å². The van der Waals surface area contributed by atoms with Gasteiger partial charge in [0.25, 0.3) is 0 Å². The Morgan fingerprint density at radius 3 is 2.52 bits per heavy atom. The van der Waals surface area contributed by atoms with E-state index in [4.69, 9.17) is 4.74 Å². The molecule has 1 aromatic carbocycles. The highest BCUT2D eigenvalue weighted by Gasteiger charge is 2.30. The molecule has 0 spiro atoms. The Balaban J connectivity index is 2.18. The molecular weight excluding hydrogens is 286 g/mol. The summed E-state index contributed by atoms with van der Waals surface area (Å²) in [7, 11) is -1.29. The standard InChI is InChI=1S/C16H25NO3S/c1-12-4-5-15(13(2)10-12)16(17-3)11-21(18,19)14-6-8-20-9-7-14/h4-5,10,14,16-17H,6-9,11H2,1-3H3. The van der Waals surface area contributed by atoms with Crippen molar-refractivity contribution in [3.05, 3.63) is 34.9 Å². The molecule has 0 saturated carbocycles. The van der Waals surface area contributed by atoms with Gasteiger partial charge in [0, 0.05) is 19.3 Å². The largest absolute Gasteiger partial charge is 0.381 e. The third kappa shape index (κ3) is 4.05. The van der Waals surface area contributed by atoms with E-state index in [-0.39, 0.29) is 17.0 Å². The number of aryl methyl sites for hydroxylation is 2. The van der Waals surface area contributed by atoms with Gasteiger partial charge in [0.1, 0.15) is 0 Å². The van der Waals surface area contributed by atoms with Gasteiger partial charge in [0.2, 0.25) is 0 Å². The average Bonchev–Trinajstić information content (AvgIpc) is 2.46. The van der Waals surface area contributed by atoms with Crippen molar-refractivity contribution in [2.24, 2.45) is 0 Å². The van der Waals surface area contributed by atoms with Gasteiger partial charge in [0.15, 0.2) is 9.84 Å². The van der Waals surface area contributed by atoms with Crippen LogP contribution < -0.4 is 5.32 Å². The van der Waals surface area contributed by atoms with E-state index in [9.17, 15) is 8.42 Å². The molecule has 0 radical (unpaired) electrons. The third-order valence-corrected chi connectivity index (χ3v) is 6.51. The number of ether oxygens (including phenoxy) is 1. The van der Waals surface area contributed by atoms with E-state index in [0.29, 0.717) is 26.1 Å². The zero-order valence-electron chi connectivity index (χ0n) is 13.1. The fourth-order valence-electron chi connectivity index (χ4n) is 2.95. The summed E-state index contributed by atoms with van der Waals surface area (Å²) in [5.41, 5.74) is 3.40. The zero-order valence-corrected chi connectivity index (χ0v) is 13.9. The number of hydrogen-bond acceptors (Lipinski definition) is 4. The highest BCUT2D eigenvalue weighted by atomic mass is 32.2. The first kappa shape index (κ1) is 16.5. The van der Waals surface area contributed by atoms with Crippen LogP contribution in [0.1, 0.15) is 35.6 Å². The second kappa shape index (κ2) is 6.90. The SMILES string of the molecule is CNC(CS(=O)(=O)C1CCOCC1)c1ccc(C)cc1C. The summed E-state index contributed by atoms with van der Waals surface area (Å²) in [6, 6.07) is 6.01. The number of sulfone groups is 1. The van der Waals surface area contributed by atoms with Crippen molar-refractivity contribution in [1.29, 1.82) is 0 Å². The van der Waals surface area contributed by atoms with Gasteiger partial charge in [0.05, 0.1) is 11.0 Å². The van der Waals surface area contributed by atoms with Crippen LogP contribution in [0.25, 0.3) is 0 Å². The Bertz CT molecular complexity index is 577. The maximum atomic E-state index is 12.6. The molecule has 1 heterocycles. The summed E-state index contributed by atoms with van der Waals surface area (Å²) in [5, 5.41) is 2.91. The average molecular weight is 311 g/mol. The Hall–Kier alpha value is -0.910. The molecule has 4 nitrogen and oxygen atoms in total. The second-order valence-corrected chi connectivity index (χ2v) is 8.17. The summed E-state index contributed by atoms with van der Waals surface area (Å²) in [5.74, 6) is 0.151. The molecule has 1 atom stereocenters. The van der Waals surface area contributed by atoms with Crippen LogP contribution in [-0.2, 0) is 14.6 Å². The van der Waals surface area contributed by atoms with Crippen LogP contribution in [0.5, 0.6) is 0 Å². The summed E-state index contributed by atoms with van der Waals surface area (Å²) in [6.07, 6.45) is 1.23. The van der Waals surface area contributed by atoms with Crippen LogP contribution in [0, 0.1) is 13.8 Å². The predicted octanol–water partition coefficient (Wildman–Crippen LogP) is 2.16. The van der Waals surface area contributed by atoms with Gasteiger partial charge in [-0.2, -0.15) is 0 Å². The summed E-state index contributed by atoms with van der Waals surface area (Å²) in [6.45, 7) is 5.19. The first-order chi connectivity index (χ1) is 9.94. The Morgan fingerprint density at radius 2 is 1.95 bits per heavy atom. The molecule has 21 heavy (non-hydrogen) atoms. The molecule has 1 aromatic rings. The molecular formula is C16H25NO3S. The quantitative estimate of drug-likeness (QED) is 0.905. The molecule has 118 valence electrons. The second-order valence-electron chi connectivity index (χ2n) is 5.84. The molecule has 2 rings (SSSR count). The van der Waals surface area contributed by atoms with E-state index < -0.39 is 9.84 Å². The van der Waals surface area contributed by atoms with Crippen LogP contribution in [0.4, 0.5) is 0 Å². The topological polar surface area (TPSA) is 55.4 Å². The molecule has 1 aliphatic rings. The maximum Gasteiger partial charge on any atom is 0.155 e. The van der Waals surface area contributed by atoms with Gasteiger partial charge in [-0.25, -0.2) is 8.42 Å². The van der Waals surface area contributed by atoms with Crippen LogP contribution in [0.15, 0.2) is 18.2 Å². The fourth-order valence-corrected chi connectivity index (χ4v) is 4.94. The fraction of sp³-hybridized carbons (Fsp3) is 0.625. The van der Waals surface area contributed by atoms with Crippen LogP contribution in [-0.4, -0.2) is 39.7 Å². The van der Waals surface area contributed by atoms with Gasteiger partial charge in [-0.1, -0.05) is 23.8 Å². The summed E-state index contributed by atoms with van der Waals surface area (Å²) >= 11 is 0. The van der Waals surface area contributed by atoms with Gasteiger partial charge < -0.3 is 10.1 Å². The summed E-state index contributed by atoms with van der Waals surface area (Å²) < 4.78 is 30.5. The highest BCUT2D eigenvalue weighted by Crippen LogP contribution is 2.24. The molecule has 1 unspecified atom stereocenters. The normalized spacial score (nSPS) is 18.6. The van der Waals surface area contributed by atoms with Crippen molar-refractivity contribution in [3.63, 3.8) is 0 Å². The van der Waals surface area contributed by atoms with Crippen molar-refractivity contribution >= 4 is 9.84 Å². The Kier molecular flexibility index (Phi) is 5.41. The van der Waals surface area contributed by atoms with Crippen molar-refractivity contribution in [3.8, 4) is 0 Å². The minimum Gasteiger partial charge on any atom is -0.381 e. The first-order valence-electron chi connectivity index (χ1n) is 7.48. The predicted molar refractivity (Wildman–Crippen MR) is 85.3 cm³/mol. The summed E-state index contributed by atoms with van der Waals surface area (Å²) in [4.78, 5) is 0. The maximum absolute atomic E-state index is 12.6. The van der Waals surface area contributed by atoms with Gasteiger partial charge >= 0.3 is 0 Å². The lowest BCUT2D eigenvalue weighted by Crippen LogP contribution is -2.35. The number of benzene rings is 1. The molecule has 1 N–H and O–H groups in total. The van der Waals surface area contributed by atoms with E-state index in [1.165, 1.54) is 5.56 Å². The van der Waals surface area contributed by atoms with Crippen molar-refractivity contribution in [2.75, 3.05) is 26.0 Å². The number of rotatable bonds is 5. The zero-order chi connectivity index (χ0) is 15.5.